The van der Waals surface area contributed by atoms with Crippen LogP contribution in [0.2, 0.25) is 0 Å². The van der Waals surface area contributed by atoms with E-state index in [0.29, 0.717) is 22.3 Å². The first-order chi connectivity index (χ1) is 14.2. The summed E-state index contributed by atoms with van der Waals surface area (Å²) in [6.07, 6.45) is 1.85. The van der Waals surface area contributed by atoms with E-state index >= 15 is 0 Å². The highest BCUT2D eigenvalue weighted by atomic mass is 19.1. The number of nitrogens with two attached hydrogens (primary N) is 1. The van der Waals surface area contributed by atoms with Crippen LogP contribution in [0.5, 0.6) is 0 Å². The van der Waals surface area contributed by atoms with Crippen LogP contribution in [0.25, 0.3) is 11.6 Å². The zero-order valence-electron chi connectivity index (χ0n) is 16.7. The second-order valence-corrected chi connectivity index (χ2v) is 6.36. The minimum absolute atomic E-state index is 0.0447. The third-order valence-corrected chi connectivity index (χ3v) is 4.08. The highest BCUT2D eigenvalue weighted by Crippen LogP contribution is 2.30. The predicted octanol–water partition coefficient (Wildman–Crippen LogP) is 3.55. The van der Waals surface area contributed by atoms with Gasteiger partial charge in [0.2, 0.25) is 5.91 Å². The molecule has 30 heavy (non-hydrogen) atoms. The van der Waals surface area contributed by atoms with Crippen molar-refractivity contribution in [2.45, 2.75) is 20.0 Å². The fraction of sp³-hybridized carbons (Fsp3) is 0.174. The van der Waals surface area contributed by atoms with E-state index in [1.807, 2.05) is 0 Å². The second-order valence-electron chi connectivity index (χ2n) is 6.36. The summed E-state index contributed by atoms with van der Waals surface area (Å²) >= 11 is 0. The van der Waals surface area contributed by atoms with Gasteiger partial charge in [-0.1, -0.05) is 18.7 Å². The molecule has 0 fully saturated rings. The van der Waals surface area contributed by atoms with Gasteiger partial charge in [-0.05, 0) is 65.6 Å². The number of carbonyl (C=O) groups is 3. The monoisotopic (exact) mass is 411 g/mol. The number of ether oxygens (including phenoxy) is 2. The quantitative estimate of drug-likeness (QED) is 0.529. The molecule has 0 radical (unpaired) electrons. The maximum atomic E-state index is 13.4. The molecule has 2 rings (SSSR count). The molecule has 0 aliphatic heterocycles. The lowest BCUT2D eigenvalue weighted by Gasteiger charge is -2.20. The number of hydrogen-bond acceptors (Lipinski definition) is 5. The molecular weight excluding hydrogens is 389 g/mol. The van der Waals surface area contributed by atoms with Crippen molar-refractivity contribution in [3.05, 3.63) is 83.2 Å². The van der Waals surface area contributed by atoms with Crippen LogP contribution < -0.4 is 5.73 Å². The first-order valence-electron chi connectivity index (χ1n) is 9.12. The van der Waals surface area contributed by atoms with E-state index < -0.39 is 29.8 Å². The van der Waals surface area contributed by atoms with Crippen molar-refractivity contribution < 1.29 is 28.2 Å². The van der Waals surface area contributed by atoms with Crippen molar-refractivity contribution in [1.29, 1.82) is 0 Å². The second kappa shape index (κ2) is 10.2. The maximum absolute atomic E-state index is 13.4. The van der Waals surface area contributed by atoms with Gasteiger partial charge in [0.25, 0.3) is 0 Å². The normalized spacial score (nSPS) is 11.7. The number of carbonyl (C=O) groups excluding carboxylic acids is 3. The SMILES string of the molecule is C=C(C(N)=O)c1cc(C=CC(=O)OCC)cc(C(OC(C)=O)c2ccc(F)cc2)c1. The van der Waals surface area contributed by atoms with E-state index in [2.05, 4.69) is 6.58 Å². The summed E-state index contributed by atoms with van der Waals surface area (Å²) in [4.78, 5) is 35.0. The summed E-state index contributed by atoms with van der Waals surface area (Å²) in [7, 11) is 0. The van der Waals surface area contributed by atoms with Crippen LogP contribution in [0.15, 0.2) is 55.1 Å². The Kier molecular flexibility index (Phi) is 7.63. The molecule has 0 saturated carbocycles. The Morgan fingerprint density at radius 1 is 1.13 bits per heavy atom. The van der Waals surface area contributed by atoms with Crippen LogP contribution in [0.4, 0.5) is 4.39 Å². The Balaban J connectivity index is 2.59. The third-order valence-electron chi connectivity index (χ3n) is 4.08. The van der Waals surface area contributed by atoms with Crippen LogP contribution in [-0.2, 0) is 23.9 Å². The molecule has 2 aromatic rings. The van der Waals surface area contributed by atoms with Crippen molar-refractivity contribution in [2.24, 2.45) is 5.73 Å². The van der Waals surface area contributed by atoms with E-state index in [1.54, 1.807) is 25.1 Å². The number of hydrogen-bond donors (Lipinski definition) is 1. The first-order valence-corrected chi connectivity index (χ1v) is 9.12. The van der Waals surface area contributed by atoms with E-state index in [4.69, 9.17) is 15.2 Å². The lowest BCUT2D eigenvalue weighted by Crippen LogP contribution is -2.14. The molecule has 1 atom stereocenters. The van der Waals surface area contributed by atoms with Crippen molar-refractivity contribution >= 4 is 29.5 Å². The Bertz CT molecular complexity index is 995. The largest absolute Gasteiger partial charge is 0.463 e. The minimum Gasteiger partial charge on any atom is -0.463 e. The fourth-order valence-corrected chi connectivity index (χ4v) is 2.73. The molecule has 2 N–H and O–H groups in total. The van der Waals surface area contributed by atoms with Gasteiger partial charge < -0.3 is 15.2 Å². The zero-order chi connectivity index (χ0) is 22.3. The van der Waals surface area contributed by atoms with Gasteiger partial charge in [0.05, 0.1) is 6.61 Å². The van der Waals surface area contributed by atoms with Gasteiger partial charge in [0.1, 0.15) is 5.82 Å². The standard InChI is InChI=1S/C23H22FNO5/c1-4-29-21(27)10-5-16-11-18(14(2)23(25)28)13-19(12-16)22(30-15(3)26)17-6-8-20(24)9-7-17/h5-13,22H,2,4H2,1,3H3,(H2,25,28). The average molecular weight is 411 g/mol. The van der Waals surface area contributed by atoms with Gasteiger partial charge in [-0.3, -0.25) is 9.59 Å². The van der Waals surface area contributed by atoms with Crippen LogP contribution >= 0.6 is 0 Å². The van der Waals surface area contributed by atoms with Crippen molar-refractivity contribution in [1.82, 2.24) is 0 Å². The van der Waals surface area contributed by atoms with Gasteiger partial charge in [-0.2, -0.15) is 0 Å². The molecule has 0 aromatic heterocycles. The van der Waals surface area contributed by atoms with Gasteiger partial charge in [-0.15, -0.1) is 0 Å². The number of amides is 1. The molecule has 0 aliphatic rings. The average Bonchev–Trinajstić information content (AvgIpc) is 2.70. The number of halogens is 1. The number of primary amides is 1. The smallest absolute Gasteiger partial charge is 0.330 e. The fourth-order valence-electron chi connectivity index (χ4n) is 2.73. The summed E-state index contributed by atoms with van der Waals surface area (Å²) in [6.45, 7) is 6.86. The zero-order valence-corrected chi connectivity index (χ0v) is 16.7. The van der Waals surface area contributed by atoms with E-state index in [-0.39, 0.29) is 12.2 Å². The Morgan fingerprint density at radius 2 is 1.80 bits per heavy atom. The number of rotatable bonds is 8. The molecule has 156 valence electrons. The third kappa shape index (κ3) is 6.13. The van der Waals surface area contributed by atoms with Crippen LogP contribution in [0.1, 0.15) is 42.2 Å². The Labute approximate surface area is 173 Å². The molecule has 0 aliphatic carbocycles. The predicted molar refractivity (Wildman–Crippen MR) is 110 cm³/mol. The molecule has 0 bridgehead atoms. The first kappa shape index (κ1) is 22.5. The molecule has 1 unspecified atom stereocenters. The highest BCUT2D eigenvalue weighted by Gasteiger charge is 2.20. The lowest BCUT2D eigenvalue weighted by molar-refractivity contribution is -0.144. The summed E-state index contributed by atoms with van der Waals surface area (Å²) < 4.78 is 23.7. The van der Waals surface area contributed by atoms with Crippen LogP contribution in [-0.4, -0.2) is 24.5 Å². The Morgan fingerprint density at radius 3 is 2.37 bits per heavy atom. The maximum Gasteiger partial charge on any atom is 0.330 e. The van der Waals surface area contributed by atoms with E-state index in [0.717, 1.165) is 0 Å². The van der Waals surface area contributed by atoms with Crippen LogP contribution in [0.3, 0.4) is 0 Å². The molecule has 2 aromatic carbocycles. The molecule has 0 saturated heterocycles. The van der Waals surface area contributed by atoms with Crippen LogP contribution in [0, 0.1) is 5.82 Å². The van der Waals surface area contributed by atoms with Gasteiger partial charge >= 0.3 is 11.9 Å². The van der Waals surface area contributed by atoms with Crippen molar-refractivity contribution in [3.8, 4) is 0 Å². The molecule has 0 heterocycles. The topological polar surface area (TPSA) is 95.7 Å². The van der Waals surface area contributed by atoms with Crippen molar-refractivity contribution in [3.63, 3.8) is 0 Å². The highest BCUT2D eigenvalue weighted by molar-refractivity contribution is 6.18. The summed E-state index contributed by atoms with van der Waals surface area (Å²) in [5.74, 6) is -2.24. The van der Waals surface area contributed by atoms with E-state index in [1.165, 1.54) is 43.3 Å². The summed E-state index contributed by atoms with van der Waals surface area (Å²) in [5, 5.41) is 0. The molecular formula is C23H22FNO5. The summed E-state index contributed by atoms with van der Waals surface area (Å²) in [5.41, 5.74) is 7.33. The molecule has 0 spiro atoms. The molecule has 6 nitrogen and oxygen atoms in total. The van der Waals surface area contributed by atoms with Crippen molar-refractivity contribution in [2.75, 3.05) is 6.61 Å². The number of esters is 2. The van der Waals surface area contributed by atoms with Gasteiger partial charge in [-0.25, -0.2) is 9.18 Å². The lowest BCUT2D eigenvalue weighted by atomic mass is 9.94. The number of benzene rings is 2. The van der Waals surface area contributed by atoms with Gasteiger partial charge in [0, 0.05) is 18.6 Å². The minimum atomic E-state index is -0.876. The molecule has 1 amide bonds. The van der Waals surface area contributed by atoms with Gasteiger partial charge in [0.15, 0.2) is 6.10 Å². The Hall–Kier alpha value is -3.74. The summed E-state index contributed by atoms with van der Waals surface area (Å²) in [6, 6.07) is 10.4. The molecule has 7 heteroatoms. The van der Waals surface area contributed by atoms with E-state index in [9.17, 15) is 18.8 Å².